The molecule has 0 bridgehead atoms. The Morgan fingerprint density at radius 2 is 1.81 bits per heavy atom. The number of piperidine rings is 1. The zero-order chi connectivity index (χ0) is 19.2. The topological polar surface area (TPSA) is 55.8 Å². The van der Waals surface area contributed by atoms with Crippen LogP contribution in [0.1, 0.15) is 50.4 Å². The summed E-state index contributed by atoms with van der Waals surface area (Å²) in [5.74, 6) is 0.808. The molecule has 1 amide bonds. The first-order valence-corrected chi connectivity index (χ1v) is 9.48. The summed E-state index contributed by atoms with van der Waals surface area (Å²) in [6, 6.07) is 11.8. The Kier molecular flexibility index (Phi) is 4.13. The highest BCUT2D eigenvalue weighted by Gasteiger charge is 2.44. The lowest BCUT2D eigenvalue weighted by Crippen LogP contribution is -2.53. The number of amides is 1. The summed E-state index contributed by atoms with van der Waals surface area (Å²) in [4.78, 5) is 26.9. The molecule has 1 spiro atoms. The van der Waals surface area contributed by atoms with Crippen LogP contribution in [0.5, 0.6) is 5.75 Å². The zero-order valence-electron chi connectivity index (χ0n) is 16.1. The average Bonchev–Trinajstić information content (AvgIpc) is 2.60. The molecule has 2 aromatic carbocycles. The van der Waals surface area contributed by atoms with Crippen LogP contribution in [-0.4, -0.2) is 41.1 Å². The fourth-order valence-electron chi connectivity index (χ4n) is 3.92. The first-order chi connectivity index (χ1) is 12.8. The second-order valence-electron chi connectivity index (χ2n) is 8.52. The largest absolute Gasteiger partial charge is 0.485 e. The fourth-order valence-corrected chi connectivity index (χ4v) is 3.92. The number of ether oxygens (including phenoxy) is 2. The maximum absolute atomic E-state index is 12.8. The van der Waals surface area contributed by atoms with Crippen LogP contribution < -0.4 is 4.74 Å². The van der Waals surface area contributed by atoms with Gasteiger partial charge in [0.15, 0.2) is 5.78 Å². The number of nitrogens with zero attached hydrogens (tertiary/aromatic N) is 1. The van der Waals surface area contributed by atoms with Crippen molar-refractivity contribution in [2.45, 2.75) is 51.2 Å². The van der Waals surface area contributed by atoms with Gasteiger partial charge in [0, 0.05) is 31.3 Å². The molecule has 2 aliphatic heterocycles. The Balaban J connectivity index is 1.56. The molecule has 4 rings (SSSR count). The van der Waals surface area contributed by atoms with Gasteiger partial charge < -0.3 is 14.4 Å². The summed E-state index contributed by atoms with van der Waals surface area (Å²) < 4.78 is 11.9. The van der Waals surface area contributed by atoms with E-state index in [1.807, 2.05) is 57.2 Å². The van der Waals surface area contributed by atoms with Crippen LogP contribution in [0.2, 0.25) is 0 Å². The summed E-state index contributed by atoms with van der Waals surface area (Å²) in [5.41, 5.74) is -0.387. The Bertz CT molecular complexity index is 904. The number of benzene rings is 2. The Hall–Kier alpha value is -2.56. The number of hydrogen-bond donors (Lipinski definition) is 0. The highest BCUT2D eigenvalue weighted by molar-refractivity contribution is 6.06. The number of rotatable bonds is 0. The first kappa shape index (κ1) is 17.8. The molecule has 0 atom stereocenters. The number of carbonyl (C=O) groups excluding carboxylic acids is 2. The minimum Gasteiger partial charge on any atom is -0.485 e. The van der Waals surface area contributed by atoms with Crippen molar-refractivity contribution >= 4 is 22.6 Å². The van der Waals surface area contributed by atoms with Crippen LogP contribution in [0.3, 0.4) is 0 Å². The van der Waals surface area contributed by atoms with E-state index in [2.05, 4.69) is 0 Å². The van der Waals surface area contributed by atoms with Crippen LogP contribution in [0.15, 0.2) is 36.4 Å². The van der Waals surface area contributed by atoms with Gasteiger partial charge in [0.1, 0.15) is 17.0 Å². The van der Waals surface area contributed by atoms with Gasteiger partial charge in [0.05, 0.1) is 12.0 Å². The van der Waals surface area contributed by atoms with E-state index in [0.717, 1.165) is 10.8 Å². The van der Waals surface area contributed by atoms with Gasteiger partial charge in [-0.2, -0.15) is 0 Å². The van der Waals surface area contributed by atoms with E-state index < -0.39 is 11.2 Å². The molecule has 0 aliphatic carbocycles. The van der Waals surface area contributed by atoms with E-state index in [4.69, 9.17) is 9.47 Å². The fraction of sp³-hybridized carbons (Fsp3) is 0.455. The third kappa shape index (κ3) is 3.38. The smallest absolute Gasteiger partial charge is 0.410 e. The maximum Gasteiger partial charge on any atom is 0.410 e. The number of Topliss-reactive ketones (excluding diaryl/α,β-unsaturated/α-hetero) is 1. The number of carbonyl (C=O) groups is 2. The summed E-state index contributed by atoms with van der Waals surface area (Å²) in [5, 5.41) is 2.03. The second-order valence-corrected chi connectivity index (χ2v) is 8.52. The summed E-state index contributed by atoms with van der Waals surface area (Å²) in [6.45, 7) is 6.65. The molecule has 0 N–H and O–H groups in total. The molecule has 27 heavy (non-hydrogen) atoms. The molecule has 2 aliphatic rings. The Labute approximate surface area is 159 Å². The van der Waals surface area contributed by atoms with Gasteiger partial charge in [-0.3, -0.25) is 4.79 Å². The van der Waals surface area contributed by atoms with Gasteiger partial charge in [-0.25, -0.2) is 4.79 Å². The normalized spacial score (nSPS) is 18.9. The molecule has 0 radical (unpaired) electrons. The van der Waals surface area contributed by atoms with Crippen molar-refractivity contribution in [3.05, 3.63) is 42.0 Å². The van der Waals surface area contributed by atoms with E-state index in [0.29, 0.717) is 43.7 Å². The van der Waals surface area contributed by atoms with Gasteiger partial charge in [-0.05, 0) is 32.2 Å². The minimum atomic E-state index is -0.535. The van der Waals surface area contributed by atoms with Crippen molar-refractivity contribution in [1.82, 2.24) is 4.90 Å². The van der Waals surface area contributed by atoms with Gasteiger partial charge in [0.2, 0.25) is 0 Å². The second kappa shape index (κ2) is 6.25. The molecular weight excluding hydrogens is 342 g/mol. The molecule has 5 nitrogen and oxygen atoms in total. The van der Waals surface area contributed by atoms with E-state index >= 15 is 0 Å². The van der Waals surface area contributed by atoms with Gasteiger partial charge >= 0.3 is 6.09 Å². The van der Waals surface area contributed by atoms with E-state index in [1.165, 1.54) is 0 Å². The van der Waals surface area contributed by atoms with Crippen molar-refractivity contribution in [2.24, 2.45) is 0 Å². The Morgan fingerprint density at radius 1 is 1.11 bits per heavy atom. The number of likely N-dealkylation sites (tertiary alicyclic amines) is 1. The maximum atomic E-state index is 12.8. The van der Waals surface area contributed by atoms with Crippen LogP contribution in [-0.2, 0) is 4.74 Å². The lowest BCUT2D eigenvalue weighted by molar-refractivity contribution is -0.0219. The molecular formula is C22H25NO4. The van der Waals surface area contributed by atoms with E-state index in [-0.39, 0.29) is 11.9 Å². The van der Waals surface area contributed by atoms with Crippen molar-refractivity contribution < 1.29 is 19.1 Å². The molecule has 0 aromatic heterocycles. The number of hydrogen-bond acceptors (Lipinski definition) is 4. The molecule has 0 unspecified atom stereocenters. The third-order valence-electron chi connectivity index (χ3n) is 5.31. The summed E-state index contributed by atoms with van der Waals surface area (Å²) in [7, 11) is 0. The van der Waals surface area contributed by atoms with Gasteiger partial charge in [-0.1, -0.05) is 30.3 Å². The molecule has 5 heteroatoms. The van der Waals surface area contributed by atoms with Crippen molar-refractivity contribution in [3.63, 3.8) is 0 Å². The van der Waals surface area contributed by atoms with Crippen LogP contribution in [0, 0.1) is 0 Å². The highest BCUT2D eigenvalue weighted by Crippen LogP contribution is 2.43. The average molecular weight is 367 g/mol. The zero-order valence-corrected chi connectivity index (χ0v) is 16.1. The monoisotopic (exact) mass is 367 g/mol. The van der Waals surface area contributed by atoms with Crippen LogP contribution >= 0.6 is 0 Å². The van der Waals surface area contributed by atoms with Crippen LogP contribution in [0.25, 0.3) is 10.8 Å². The standard InChI is InChI=1S/C22H25NO4/c1-21(2,3)27-20(25)23-12-10-22(11-13-23)14-18(24)17-9-8-15-6-4-5-7-16(15)19(17)26-22/h4-9H,10-14H2,1-3H3. The summed E-state index contributed by atoms with van der Waals surface area (Å²) in [6.07, 6.45) is 1.31. The van der Waals surface area contributed by atoms with Crippen molar-refractivity contribution in [1.29, 1.82) is 0 Å². The van der Waals surface area contributed by atoms with Crippen molar-refractivity contribution in [3.8, 4) is 5.75 Å². The lowest BCUT2D eigenvalue weighted by Gasteiger charge is -2.44. The highest BCUT2D eigenvalue weighted by atomic mass is 16.6. The summed E-state index contributed by atoms with van der Waals surface area (Å²) >= 11 is 0. The predicted octanol–water partition coefficient (Wildman–Crippen LogP) is 4.57. The van der Waals surface area contributed by atoms with Gasteiger partial charge in [-0.15, -0.1) is 0 Å². The minimum absolute atomic E-state index is 0.118. The SMILES string of the molecule is CC(C)(C)OC(=O)N1CCC2(CC1)CC(=O)c1ccc3ccccc3c1O2. The molecule has 1 fully saturated rings. The van der Waals surface area contributed by atoms with Gasteiger partial charge in [0.25, 0.3) is 0 Å². The molecule has 2 heterocycles. The van der Waals surface area contributed by atoms with Crippen LogP contribution in [0.4, 0.5) is 4.79 Å². The molecule has 0 saturated carbocycles. The van der Waals surface area contributed by atoms with Crippen molar-refractivity contribution in [2.75, 3.05) is 13.1 Å². The Morgan fingerprint density at radius 3 is 2.52 bits per heavy atom. The van der Waals surface area contributed by atoms with E-state index in [1.54, 1.807) is 4.90 Å². The number of ketones is 1. The lowest BCUT2D eigenvalue weighted by atomic mass is 9.82. The third-order valence-corrected chi connectivity index (χ3v) is 5.31. The van der Waals surface area contributed by atoms with E-state index in [9.17, 15) is 9.59 Å². The molecule has 1 saturated heterocycles. The predicted molar refractivity (Wildman–Crippen MR) is 103 cm³/mol. The molecule has 142 valence electrons. The number of fused-ring (bicyclic) bond motifs is 3. The molecule has 2 aromatic rings. The quantitative estimate of drug-likeness (QED) is 0.684. The first-order valence-electron chi connectivity index (χ1n) is 9.48.